The van der Waals surface area contributed by atoms with Gasteiger partial charge in [0.05, 0.1) is 36.5 Å². The number of aromatic nitrogens is 5. The van der Waals surface area contributed by atoms with Crippen LogP contribution in [0.1, 0.15) is 15.9 Å². The first-order chi connectivity index (χ1) is 15.1. The fraction of sp³-hybridized carbons (Fsp3) is 0.182. The number of esters is 1. The fourth-order valence-electron chi connectivity index (χ4n) is 3.20. The molecule has 0 unspecified atom stereocenters. The lowest BCUT2D eigenvalue weighted by molar-refractivity contribution is -0.141. The number of nitrogens with zero attached hydrogens (tertiary/aromatic N) is 6. The van der Waals surface area contributed by atoms with Crippen LogP contribution in [0.5, 0.6) is 0 Å². The number of hydrogen-bond acceptors (Lipinski definition) is 7. The van der Waals surface area contributed by atoms with Crippen LogP contribution < -0.4 is 0 Å². The van der Waals surface area contributed by atoms with Crippen molar-refractivity contribution in [3.05, 3.63) is 72.4 Å². The maximum Gasteiger partial charge on any atom is 0.325 e. The molecule has 0 radical (unpaired) electrons. The van der Waals surface area contributed by atoms with E-state index < -0.39 is 5.97 Å². The summed E-state index contributed by atoms with van der Waals surface area (Å²) in [4.78, 5) is 39.2. The third-order valence-electron chi connectivity index (χ3n) is 4.79. The van der Waals surface area contributed by atoms with Gasteiger partial charge in [-0.3, -0.25) is 19.6 Å². The summed E-state index contributed by atoms with van der Waals surface area (Å²) < 4.78 is 6.41. The van der Waals surface area contributed by atoms with Crippen molar-refractivity contribution in [2.75, 3.05) is 20.7 Å². The number of amides is 1. The Bertz CT molecular complexity index is 1220. The summed E-state index contributed by atoms with van der Waals surface area (Å²) in [5, 5.41) is 5.05. The fourth-order valence-corrected chi connectivity index (χ4v) is 3.20. The minimum atomic E-state index is -0.499. The molecule has 0 aliphatic carbocycles. The van der Waals surface area contributed by atoms with E-state index in [1.54, 1.807) is 54.8 Å². The van der Waals surface area contributed by atoms with Crippen molar-refractivity contribution in [1.82, 2.24) is 29.6 Å². The van der Waals surface area contributed by atoms with E-state index in [0.717, 1.165) is 11.1 Å². The Morgan fingerprint density at radius 2 is 1.87 bits per heavy atom. The molecule has 4 heterocycles. The smallest absolute Gasteiger partial charge is 0.325 e. The van der Waals surface area contributed by atoms with E-state index in [9.17, 15) is 9.59 Å². The van der Waals surface area contributed by atoms with Crippen LogP contribution in [0.15, 0.2) is 61.3 Å². The van der Waals surface area contributed by atoms with E-state index in [4.69, 9.17) is 4.98 Å². The van der Waals surface area contributed by atoms with Crippen LogP contribution in [0, 0.1) is 0 Å². The van der Waals surface area contributed by atoms with Gasteiger partial charge in [0.25, 0.3) is 5.91 Å². The standard InChI is InChI=1S/C22H20N6O3/c1-27(14-20(29)31-2)22(30)17-9-19(16-6-4-8-24-11-16)26-21-18(17)12-25-28(21)13-15-5-3-7-23-10-15/h3-12H,13-14H2,1-2H3. The molecule has 0 saturated heterocycles. The number of pyridine rings is 3. The minimum Gasteiger partial charge on any atom is -0.468 e. The Balaban J connectivity index is 1.82. The summed E-state index contributed by atoms with van der Waals surface area (Å²) in [6.07, 6.45) is 8.43. The van der Waals surface area contributed by atoms with Gasteiger partial charge >= 0.3 is 5.97 Å². The lowest BCUT2D eigenvalue weighted by atomic mass is 10.1. The second kappa shape index (κ2) is 8.70. The second-order valence-corrected chi connectivity index (χ2v) is 6.93. The van der Waals surface area contributed by atoms with Crippen LogP contribution >= 0.6 is 0 Å². The number of carbonyl (C=O) groups excluding carboxylic acids is 2. The number of likely N-dealkylation sites (N-methyl/N-ethyl adjacent to an activating group) is 1. The SMILES string of the molecule is COC(=O)CN(C)C(=O)c1cc(-c2cccnc2)nc2c1cnn2Cc1cccnc1. The highest BCUT2D eigenvalue weighted by atomic mass is 16.5. The first-order valence-corrected chi connectivity index (χ1v) is 9.55. The average Bonchev–Trinajstić information content (AvgIpc) is 3.21. The van der Waals surface area contributed by atoms with E-state index in [0.29, 0.717) is 28.8 Å². The van der Waals surface area contributed by atoms with Crippen molar-refractivity contribution < 1.29 is 14.3 Å². The van der Waals surface area contributed by atoms with Crippen molar-refractivity contribution in [3.63, 3.8) is 0 Å². The maximum absolute atomic E-state index is 13.2. The molecule has 0 aliphatic heterocycles. The highest BCUT2D eigenvalue weighted by molar-refractivity contribution is 6.07. The predicted molar refractivity (Wildman–Crippen MR) is 113 cm³/mol. The van der Waals surface area contributed by atoms with Gasteiger partial charge in [-0.1, -0.05) is 6.07 Å². The zero-order chi connectivity index (χ0) is 21.8. The molecule has 0 bridgehead atoms. The third kappa shape index (κ3) is 4.25. The number of methoxy groups -OCH3 is 1. The van der Waals surface area contributed by atoms with Gasteiger partial charge < -0.3 is 9.64 Å². The molecule has 156 valence electrons. The number of rotatable bonds is 6. The van der Waals surface area contributed by atoms with Crippen LogP contribution in [0.3, 0.4) is 0 Å². The van der Waals surface area contributed by atoms with Gasteiger partial charge in [0.1, 0.15) is 6.54 Å². The number of fused-ring (bicyclic) bond motifs is 1. The quantitative estimate of drug-likeness (QED) is 0.444. The van der Waals surface area contributed by atoms with Gasteiger partial charge in [-0.15, -0.1) is 0 Å². The van der Waals surface area contributed by atoms with E-state index in [1.807, 2.05) is 18.2 Å². The monoisotopic (exact) mass is 416 g/mol. The summed E-state index contributed by atoms with van der Waals surface area (Å²) in [6, 6.07) is 9.17. The summed E-state index contributed by atoms with van der Waals surface area (Å²) >= 11 is 0. The Hall–Kier alpha value is -4.14. The lowest BCUT2D eigenvalue weighted by Gasteiger charge is -2.17. The molecular weight excluding hydrogens is 396 g/mol. The van der Waals surface area contributed by atoms with Crippen LogP contribution in [0.25, 0.3) is 22.3 Å². The number of carbonyl (C=O) groups is 2. The zero-order valence-corrected chi connectivity index (χ0v) is 17.1. The van der Waals surface area contributed by atoms with Crippen LogP contribution in [-0.2, 0) is 16.1 Å². The predicted octanol–water partition coefficient (Wildman–Crippen LogP) is 2.18. The minimum absolute atomic E-state index is 0.162. The summed E-state index contributed by atoms with van der Waals surface area (Å²) in [5.41, 5.74) is 3.26. The summed E-state index contributed by atoms with van der Waals surface area (Å²) in [7, 11) is 2.84. The van der Waals surface area contributed by atoms with Gasteiger partial charge in [-0.2, -0.15) is 5.10 Å². The Morgan fingerprint density at radius 3 is 2.55 bits per heavy atom. The van der Waals surface area contributed by atoms with Gasteiger partial charge in [0.2, 0.25) is 0 Å². The van der Waals surface area contributed by atoms with Crippen molar-refractivity contribution in [2.24, 2.45) is 0 Å². The van der Waals surface area contributed by atoms with Crippen LogP contribution in [-0.4, -0.2) is 62.2 Å². The second-order valence-electron chi connectivity index (χ2n) is 6.93. The summed E-state index contributed by atoms with van der Waals surface area (Å²) in [5.74, 6) is -0.829. The third-order valence-corrected chi connectivity index (χ3v) is 4.79. The molecule has 0 aliphatic rings. The molecule has 0 saturated carbocycles. The topological polar surface area (TPSA) is 103 Å². The highest BCUT2D eigenvalue weighted by Crippen LogP contribution is 2.26. The molecule has 9 heteroatoms. The molecule has 0 aromatic carbocycles. The van der Waals surface area contributed by atoms with Crippen molar-refractivity contribution >= 4 is 22.9 Å². The molecule has 4 aromatic heterocycles. The van der Waals surface area contributed by atoms with Crippen LogP contribution in [0.4, 0.5) is 0 Å². The van der Waals surface area contributed by atoms with Crippen molar-refractivity contribution in [2.45, 2.75) is 6.54 Å². The molecule has 31 heavy (non-hydrogen) atoms. The molecular formula is C22H20N6O3. The van der Waals surface area contributed by atoms with Crippen molar-refractivity contribution in [3.8, 4) is 11.3 Å². The van der Waals surface area contributed by atoms with Gasteiger partial charge in [0.15, 0.2) is 5.65 Å². The Kier molecular flexibility index (Phi) is 5.65. The van der Waals surface area contributed by atoms with E-state index in [2.05, 4.69) is 19.8 Å². The highest BCUT2D eigenvalue weighted by Gasteiger charge is 2.22. The molecule has 0 spiro atoms. The normalized spacial score (nSPS) is 10.8. The first-order valence-electron chi connectivity index (χ1n) is 9.55. The first kappa shape index (κ1) is 20.1. The Morgan fingerprint density at radius 1 is 1.10 bits per heavy atom. The lowest BCUT2D eigenvalue weighted by Crippen LogP contribution is -2.32. The number of hydrogen-bond donors (Lipinski definition) is 0. The van der Waals surface area contributed by atoms with E-state index >= 15 is 0 Å². The molecule has 0 fully saturated rings. The zero-order valence-electron chi connectivity index (χ0n) is 17.1. The van der Waals surface area contributed by atoms with E-state index in [-0.39, 0.29) is 12.5 Å². The van der Waals surface area contributed by atoms with E-state index in [1.165, 1.54) is 12.0 Å². The molecule has 9 nitrogen and oxygen atoms in total. The van der Waals surface area contributed by atoms with Crippen molar-refractivity contribution in [1.29, 1.82) is 0 Å². The Labute approximate surface area is 178 Å². The molecule has 1 amide bonds. The molecule has 4 aromatic rings. The maximum atomic E-state index is 13.2. The molecule has 0 atom stereocenters. The van der Waals surface area contributed by atoms with Gasteiger partial charge in [-0.25, -0.2) is 9.67 Å². The molecule has 0 N–H and O–H groups in total. The molecule has 4 rings (SSSR count). The van der Waals surface area contributed by atoms with Crippen LogP contribution in [0.2, 0.25) is 0 Å². The average molecular weight is 416 g/mol. The van der Waals surface area contributed by atoms with Gasteiger partial charge in [-0.05, 0) is 29.8 Å². The van der Waals surface area contributed by atoms with Gasteiger partial charge in [0, 0.05) is 37.4 Å². The number of ether oxygens (including phenoxy) is 1. The summed E-state index contributed by atoms with van der Waals surface area (Å²) in [6.45, 7) is 0.289. The largest absolute Gasteiger partial charge is 0.468 e.